The van der Waals surface area contributed by atoms with Gasteiger partial charge in [-0.05, 0) is 65.2 Å². The van der Waals surface area contributed by atoms with Crippen LogP contribution >= 0.6 is 11.6 Å². The van der Waals surface area contributed by atoms with Crippen LogP contribution in [0.1, 0.15) is 58.3 Å². The number of likely N-dealkylation sites (N-methyl/N-ethyl adjacent to an activating group) is 2. The van der Waals surface area contributed by atoms with Gasteiger partial charge >= 0.3 is 11.9 Å². The van der Waals surface area contributed by atoms with Gasteiger partial charge in [-0.2, -0.15) is 0 Å². The average Bonchev–Trinajstić information content (AvgIpc) is 3.37. The fourth-order valence-corrected chi connectivity index (χ4v) is 10.3. The van der Waals surface area contributed by atoms with Gasteiger partial charge < -0.3 is 65.8 Å². The molecule has 2 aliphatic rings. The highest BCUT2D eigenvalue weighted by Gasteiger charge is 2.43. The normalized spacial score (nSPS) is 19.4. The van der Waals surface area contributed by atoms with Gasteiger partial charge in [-0.25, -0.2) is 9.59 Å². The molecule has 4 aromatic carbocycles. The number of fused-ring (bicyclic) bond motifs is 2. The number of nitrogens with zero attached hydrogens (tertiary/aromatic N) is 2. The Bertz CT molecular complexity index is 2480. The number of methoxy groups -OCH3 is 10. The molecule has 0 bridgehead atoms. The zero-order chi connectivity index (χ0) is 50.8. The van der Waals surface area contributed by atoms with Crippen molar-refractivity contribution < 1.29 is 75.4 Å². The van der Waals surface area contributed by atoms with Gasteiger partial charge in [0.25, 0.3) is 0 Å². The fraction of sp³-hybridized carbons (Fsp3) is 0.472. The first-order valence-corrected chi connectivity index (χ1v) is 23.5. The summed E-state index contributed by atoms with van der Waals surface area (Å²) >= 11 is 6.36. The van der Waals surface area contributed by atoms with E-state index in [9.17, 15) is 9.59 Å². The van der Waals surface area contributed by atoms with Crippen molar-refractivity contribution in [2.24, 2.45) is 0 Å². The molecule has 0 amide bonds. The molecule has 0 spiro atoms. The van der Waals surface area contributed by atoms with Crippen LogP contribution in [0.3, 0.4) is 0 Å². The van der Waals surface area contributed by atoms with Crippen LogP contribution in [0, 0.1) is 0 Å². The standard InChI is InChI=1S/C53H69ClN2O14/c1-55(19-15-34-26-41(59-3)43(61-5)30-37(34)40(55)23-33-24-45(63-7)51(67-11)46(25-33)64-8)17-13-22-70-53(58)39(54)32-49(57)69-21-14-18-56(2)20-16-35-27-42(60-4)44(62-6)31-38(35)50(56)36-28-47(65-9)52(68-12)48(29-36)66-10/h24-32,40,50H,13-23H2,1-12H3/q+2/b39-32-/t40-,50-,55-,56-/m0/s1. The smallest absolute Gasteiger partial charge is 0.350 e. The lowest BCUT2D eigenvalue weighted by Gasteiger charge is -2.46. The van der Waals surface area contributed by atoms with Gasteiger partial charge in [0, 0.05) is 54.9 Å². The molecule has 0 unspecified atom stereocenters. The predicted molar refractivity (Wildman–Crippen MR) is 264 cm³/mol. The van der Waals surface area contributed by atoms with Crippen molar-refractivity contribution in [2.75, 3.05) is 125 Å². The second kappa shape index (κ2) is 23.6. The molecule has 0 aliphatic carbocycles. The lowest BCUT2D eigenvalue weighted by atomic mass is 9.85. The van der Waals surface area contributed by atoms with Crippen LogP contribution in [0.5, 0.6) is 57.5 Å². The maximum atomic E-state index is 13.1. The summed E-state index contributed by atoms with van der Waals surface area (Å²) in [7, 11) is 20.5. The first kappa shape index (κ1) is 53.1. The summed E-state index contributed by atoms with van der Waals surface area (Å²) in [5.74, 6) is 4.29. The molecular weight excluding hydrogens is 924 g/mol. The predicted octanol–water partition coefficient (Wildman–Crippen LogP) is 7.84. The molecule has 70 heavy (non-hydrogen) atoms. The van der Waals surface area contributed by atoms with E-state index in [2.05, 4.69) is 26.2 Å². The third-order valence-electron chi connectivity index (χ3n) is 13.8. The number of ether oxygens (including phenoxy) is 12. The summed E-state index contributed by atoms with van der Waals surface area (Å²) < 4.78 is 69.4. The summed E-state index contributed by atoms with van der Waals surface area (Å²) in [6.45, 7) is 3.09. The van der Waals surface area contributed by atoms with Crippen molar-refractivity contribution in [3.8, 4) is 57.5 Å². The minimum atomic E-state index is -0.804. The highest BCUT2D eigenvalue weighted by Crippen LogP contribution is 2.49. The van der Waals surface area contributed by atoms with Gasteiger partial charge in [-0.3, -0.25) is 0 Å². The topological polar surface area (TPSA) is 145 Å². The van der Waals surface area contributed by atoms with Gasteiger partial charge in [0.1, 0.15) is 17.1 Å². The highest BCUT2D eigenvalue weighted by atomic mass is 35.5. The van der Waals surface area contributed by atoms with Crippen molar-refractivity contribution >= 4 is 23.5 Å². The number of rotatable bonds is 23. The van der Waals surface area contributed by atoms with Crippen molar-refractivity contribution in [2.45, 2.75) is 44.2 Å². The molecule has 0 aromatic heterocycles. The minimum absolute atomic E-state index is 0.0244. The summed E-state index contributed by atoms with van der Waals surface area (Å²) in [6, 6.07) is 15.9. The van der Waals surface area contributed by atoms with E-state index >= 15 is 0 Å². The number of quaternary nitrogens is 2. The summed E-state index contributed by atoms with van der Waals surface area (Å²) in [6.07, 6.45) is 4.24. The number of carbonyl (C=O) groups is 2. The zero-order valence-corrected chi connectivity index (χ0v) is 43.4. The lowest BCUT2D eigenvalue weighted by molar-refractivity contribution is -0.941. The van der Waals surface area contributed by atoms with Gasteiger partial charge in [-0.1, -0.05) is 11.6 Å². The number of carbonyl (C=O) groups excluding carboxylic acids is 2. The number of benzene rings is 4. The largest absolute Gasteiger partial charge is 0.493 e. The second-order valence-corrected chi connectivity index (χ2v) is 18.2. The Hall–Kier alpha value is -6.23. The van der Waals surface area contributed by atoms with Crippen LogP contribution in [0.2, 0.25) is 0 Å². The van der Waals surface area contributed by atoms with E-state index in [-0.39, 0.29) is 30.3 Å². The Morgan fingerprint density at radius 1 is 0.543 bits per heavy atom. The molecule has 0 N–H and O–H groups in total. The van der Waals surface area contributed by atoms with Crippen molar-refractivity contribution in [3.05, 3.63) is 93.0 Å². The van der Waals surface area contributed by atoms with E-state index in [4.69, 9.17) is 68.4 Å². The number of hydrogen-bond acceptors (Lipinski definition) is 14. The summed E-state index contributed by atoms with van der Waals surface area (Å²) in [5.41, 5.74) is 6.47. The van der Waals surface area contributed by atoms with Crippen LogP contribution in [0.15, 0.2) is 59.6 Å². The molecule has 17 heteroatoms. The minimum Gasteiger partial charge on any atom is -0.493 e. The Kier molecular flexibility index (Phi) is 17.9. The Morgan fingerprint density at radius 2 is 0.971 bits per heavy atom. The third kappa shape index (κ3) is 11.3. The first-order valence-electron chi connectivity index (χ1n) is 23.2. The Balaban J connectivity index is 1.10. The van der Waals surface area contributed by atoms with Crippen LogP contribution in [0.4, 0.5) is 0 Å². The van der Waals surface area contributed by atoms with Crippen LogP contribution < -0.4 is 47.4 Å². The lowest BCUT2D eigenvalue weighted by Crippen LogP contribution is -2.52. The zero-order valence-electron chi connectivity index (χ0n) is 42.6. The molecule has 2 aliphatic heterocycles. The van der Waals surface area contributed by atoms with E-state index in [0.29, 0.717) is 98.8 Å². The third-order valence-corrected chi connectivity index (χ3v) is 14.1. The summed E-state index contributed by atoms with van der Waals surface area (Å²) in [5, 5.41) is -0.364. The van der Waals surface area contributed by atoms with Gasteiger partial charge in [0.2, 0.25) is 11.5 Å². The van der Waals surface area contributed by atoms with Crippen molar-refractivity contribution in [3.63, 3.8) is 0 Å². The average molecular weight is 994 g/mol. The monoisotopic (exact) mass is 992 g/mol. The Labute approximate surface area is 416 Å². The number of hydrogen-bond donors (Lipinski definition) is 0. The first-order chi connectivity index (χ1) is 33.7. The SMILES string of the molecule is COc1cc2c(cc1OC)[C@H](c1cc(OC)c(OC)c(OC)c1)[N@@+](C)(CCCOC(=O)/C=C(\Cl)C(=O)OCCC[N@@+]1(C)CCc3cc(OC)c(OC)cc3[C@@H]1Cc1cc(OC)c(OC)c(OC)c1)CC2. The molecule has 4 aromatic rings. The molecular formula is C53H69ClN2O14+2. The van der Waals surface area contributed by atoms with E-state index in [0.717, 1.165) is 59.8 Å². The van der Waals surface area contributed by atoms with E-state index < -0.39 is 11.9 Å². The quantitative estimate of drug-likeness (QED) is 0.0308. The van der Waals surface area contributed by atoms with Crippen molar-refractivity contribution in [1.29, 1.82) is 0 Å². The van der Waals surface area contributed by atoms with Crippen LogP contribution in [-0.2, 0) is 38.3 Å². The molecule has 0 saturated heterocycles. The molecule has 2 heterocycles. The van der Waals surface area contributed by atoms with Crippen LogP contribution in [0.25, 0.3) is 0 Å². The molecule has 4 atom stereocenters. The van der Waals surface area contributed by atoms with Crippen molar-refractivity contribution in [1.82, 2.24) is 0 Å². The number of halogens is 1. The van der Waals surface area contributed by atoms with Gasteiger partial charge in [0.05, 0.1) is 125 Å². The maximum absolute atomic E-state index is 13.1. The molecule has 0 fully saturated rings. The van der Waals surface area contributed by atoms with Crippen LogP contribution in [-0.4, -0.2) is 145 Å². The molecule has 0 saturated carbocycles. The fourth-order valence-electron chi connectivity index (χ4n) is 10.2. The van der Waals surface area contributed by atoms with Gasteiger partial charge in [0.15, 0.2) is 46.0 Å². The molecule has 16 nitrogen and oxygen atoms in total. The van der Waals surface area contributed by atoms with Gasteiger partial charge in [-0.15, -0.1) is 0 Å². The Morgan fingerprint density at radius 3 is 1.47 bits per heavy atom. The van der Waals surface area contributed by atoms with E-state index in [1.165, 1.54) is 5.56 Å². The summed E-state index contributed by atoms with van der Waals surface area (Å²) in [4.78, 5) is 26.1. The molecule has 6 rings (SSSR count). The second-order valence-electron chi connectivity index (χ2n) is 17.8. The maximum Gasteiger partial charge on any atom is 0.350 e. The molecule has 0 radical (unpaired) electrons. The van der Waals surface area contributed by atoms with E-state index in [1.807, 2.05) is 36.4 Å². The van der Waals surface area contributed by atoms with E-state index in [1.54, 1.807) is 71.1 Å². The molecule has 380 valence electrons. The number of esters is 2. The highest BCUT2D eigenvalue weighted by molar-refractivity contribution is 6.42.